The summed E-state index contributed by atoms with van der Waals surface area (Å²) >= 11 is 0. The third-order valence-corrected chi connectivity index (χ3v) is 4.54. The van der Waals surface area contributed by atoms with Crippen LogP contribution < -0.4 is 4.90 Å². The Morgan fingerprint density at radius 1 is 1.32 bits per heavy atom. The van der Waals surface area contributed by atoms with Gasteiger partial charge in [0.15, 0.2) is 0 Å². The molecule has 28 heavy (non-hydrogen) atoms. The molecule has 0 N–H and O–H groups in total. The molecule has 1 aliphatic rings. The molecule has 1 aliphatic heterocycles. The smallest absolute Gasteiger partial charge is 0.306 e. The molecule has 2 rings (SSSR count). The van der Waals surface area contributed by atoms with Gasteiger partial charge in [-0.15, -0.1) is 0 Å². The van der Waals surface area contributed by atoms with E-state index in [9.17, 15) is 18.8 Å². The Labute approximate surface area is 165 Å². The molecule has 0 bridgehead atoms. The summed E-state index contributed by atoms with van der Waals surface area (Å²) in [6, 6.07) is 4.68. The van der Waals surface area contributed by atoms with Crippen molar-refractivity contribution in [2.45, 2.75) is 52.6 Å². The van der Waals surface area contributed by atoms with Crippen LogP contribution >= 0.6 is 0 Å². The van der Waals surface area contributed by atoms with E-state index in [-0.39, 0.29) is 42.9 Å². The van der Waals surface area contributed by atoms with E-state index in [4.69, 9.17) is 4.74 Å². The SMILES string of the molecule is Cc1ccc(N2CC(C(=O)N(C)CCCC(=O)OC(C)(C)C)CC2=O)c(F)c1. The number of esters is 1. The second-order valence-electron chi connectivity index (χ2n) is 8.31. The summed E-state index contributed by atoms with van der Waals surface area (Å²) in [5.74, 6) is -1.71. The van der Waals surface area contributed by atoms with Gasteiger partial charge in [0.1, 0.15) is 11.4 Å². The lowest BCUT2D eigenvalue weighted by atomic mass is 10.1. The van der Waals surface area contributed by atoms with Gasteiger partial charge < -0.3 is 14.5 Å². The fourth-order valence-electron chi connectivity index (χ4n) is 3.21. The summed E-state index contributed by atoms with van der Waals surface area (Å²) in [6.45, 7) is 7.74. The molecule has 0 aliphatic carbocycles. The average Bonchev–Trinajstić information content (AvgIpc) is 2.94. The number of rotatable bonds is 6. The van der Waals surface area contributed by atoms with E-state index in [1.54, 1.807) is 46.9 Å². The van der Waals surface area contributed by atoms with Gasteiger partial charge in [0.2, 0.25) is 11.8 Å². The largest absolute Gasteiger partial charge is 0.460 e. The van der Waals surface area contributed by atoms with E-state index >= 15 is 0 Å². The topological polar surface area (TPSA) is 66.9 Å². The van der Waals surface area contributed by atoms with Crippen molar-refractivity contribution in [2.24, 2.45) is 5.92 Å². The first-order valence-electron chi connectivity index (χ1n) is 9.51. The predicted molar refractivity (Wildman–Crippen MR) is 104 cm³/mol. The number of benzene rings is 1. The van der Waals surface area contributed by atoms with E-state index < -0.39 is 17.3 Å². The Bertz CT molecular complexity index is 757. The molecule has 1 heterocycles. The van der Waals surface area contributed by atoms with Crippen LogP contribution in [0.25, 0.3) is 0 Å². The monoisotopic (exact) mass is 392 g/mol. The first-order valence-corrected chi connectivity index (χ1v) is 9.51. The van der Waals surface area contributed by atoms with Crippen molar-refractivity contribution in [3.8, 4) is 0 Å². The fourth-order valence-corrected chi connectivity index (χ4v) is 3.21. The van der Waals surface area contributed by atoms with Crippen molar-refractivity contribution < 1.29 is 23.5 Å². The molecule has 1 fully saturated rings. The summed E-state index contributed by atoms with van der Waals surface area (Å²) < 4.78 is 19.4. The van der Waals surface area contributed by atoms with Crippen molar-refractivity contribution in [2.75, 3.05) is 25.0 Å². The minimum atomic E-state index is -0.530. The van der Waals surface area contributed by atoms with Crippen molar-refractivity contribution in [1.29, 1.82) is 0 Å². The lowest BCUT2D eigenvalue weighted by Crippen LogP contribution is -2.35. The zero-order valence-electron chi connectivity index (χ0n) is 17.3. The van der Waals surface area contributed by atoms with Crippen molar-refractivity contribution in [3.63, 3.8) is 0 Å². The van der Waals surface area contributed by atoms with Crippen molar-refractivity contribution >= 4 is 23.5 Å². The maximum absolute atomic E-state index is 14.2. The van der Waals surface area contributed by atoms with E-state index in [1.165, 1.54) is 15.9 Å². The zero-order chi connectivity index (χ0) is 21.1. The van der Waals surface area contributed by atoms with E-state index in [2.05, 4.69) is 0 Å². The minimum Gasteiger partial charge on any atom is -0.460 e. The van der Waals surface area contributed by atoms with Crippen LogP contribution in [0.3, 0.4) is 0 Å². The van der Waals surface area contributed by atoms with Crippen LogP contribution in [0.4, 0.5) is 10.1 Å². The first kappa shape index (κ1) is 21.9. The van der Waals surface area contributed by atoms with Crippen LogP contribution in [-0.4, -0.2) is 48.4 Å². The second kappa shape index (κ2) is 8.71. The van der Waals surface area contributed by atoms with Gasteiger partial charge in [0.25, 0.3) is 0 Å². The highest BCUT2D eigenvalue weighted by Crippen LogP contribution is 2.28. The number of nitrogens with zero attached hydrogens (tertiary/aromatic N) is 2. The number of ether oxygens (including phenoxy) is 1. The number of carbonyl (C=O) groups excluding carboxylic acids is 3. The van der Waals surface area contributed by atoms with Gasteiger partial charge >= 0.3 is 5.97 Å². The Morgan fingerprint density at radius 3 is 2.61 bits per heavy atom. The van der Waals surface area contributed by atoms with Gasteiger partial charge in [-0.25, -0.2) is 4.39 Å². The molecule has 0 aromatic heterocycles. The Morgan fingerprint density at radius 2 is 2.00 bits per heavy atom. The number of hydrogen-bond donors (Lipinski definition) is 0. The van der Waals surface area contributed by atoms with Gasteiger partial charge in [-0.2, -0.15) is 0 Å². The molecule has 2 amide bonds. The molecular weight excluding hydrogens is 363 g/mol. The summed E-state index contributed by atoms with van der Waals surface area (Å²) in [5, 5.41) is 0. The predicted octanol–water partition coefficient (Wildman–Crippen LogP) is 3.07. The molecule has 0 radical (unpaired) electrons. The van der Waals surface area contributed by atoms with Crippen LogP contribution in [0.15, 0.2) is 18.2 Å². The number of amides is 2. The highest BCUT2D eigenvalue weighted by molar-refractivity contribution is 6.00. The summed E-state index contributed by atoms with van der Waals surface area (Å²) in [7, 11) is 1.65. The molecule has 0 saturated carbocycles. The number of halogens is 1. The molecule has 0 spiro atoms. The lowest BCUT2D eigenvalue weighted by molar-refractivity contribution is -0.155. The quantitative estimate of drug-likeness (QED) is 0.698. The molecule has 154 valence electrons. The molecule has 7 heteroatoms. The van der Waals surface area contributed by atoms with Gasteiger partial charge in [0.05, 0.1) is 11.6 Å². The van der Waals surface area contributed by atoms with Gasteiger partial charge in [-0.05, 0) is 51.8 Å². The number of hydrogen-bond acceptors (Lipinski definition) is 4. The highest BCUT2D eigenvalue weighted by Gasteiger charge is 2.37. The average molecular weight is 392 g/mol. The van der Waals surface area contributed by atoms with Crippen molar-refractivity contribution in [3.05, 3.63) is 29.6 Å². The maximum atomic E-state index is 14.2. The van der Waals surface area contributed by atoms with E-state index in [0.29, 0.717) is 13.0 Å². The Balaban J connectivity index is 1.89. The molecule has 1 aromatic carbocycles. The van der Waals surface area contributed by atoms with Gasteiger partial charge in [-0.1, -0.05) is 6.07 Å². The third kappa shape index (κ3) is 5.78. The summed E-state index contributed by atoms with van der Waals surface area (Å²) in [4.78, 5) is 39.6. The Kier molecular flexibility index (Phi) is 6.80. The molecule has 1 saturated heterocycles. The molecular formula is C21H29FN2O4. The fraction of sp³-hybridized carbons (Fsp3) is 0.571. The Hall–Kier alpha value is -2.44. The first-order chi connectivity index (χ1) is 13.0. The van der Waals surface area contributed by atoms with Crippen molar-refractivity contribution in [1.82, 2.24) is 4.90 Å². The molecule has 1 atom stereocenters. The molecule has 6 nitrogen and oxygen atoms in total. The molecule has 1 aromatic rings. The van der Waals surface area contributed by atoms with Crippen LogP contribution in [-0.2, 0) is 19.1 Å². The second-order valence-corrected chi connectivity index (χ2v) is 8.31. The van der Waals surface area contributed by atoms with Crippen LogP contribution in [0.5, 0.6) is 0 Å². The highest BCUT2D eigenvalue weighted by atomic mass is 19.1. The summed E-state index contributed by atoms with van der Waals surface area (Å²) in [5.41, 5.74) is 0.446. The molecule has 1 unspecified atom stereocenters. The zero-order valence-corrected chi connectivity index (χ0v) is 17.3. The summed E-state index contributed by atoms with van der Waals surface area (Å²) in [6.07, 6.45) is 0.760. The number of anilines is 1. The van der Waals surface area contributed by atoms with Gasteiger partial charge in [-0.3, -0.25) is 14.4 Å². The van der Waals surface area contributed by atoms with E-state index in [1.807, 2.05) is 0 Å². The van der Waals surface area contributed by atoms with Crippen LogP contribution in [0.2, 0.25) is 0 Å². The standard InChI is InChI=1S/C21H29FN2O4/c1-14-8-9-17(16(22)11-14)24-13-15(12-18(24)25)20(27)23(5)10-6-7-19(26)28-21(2,3)4/h8-9,11,15H,6-7,10,12-13H2,1-5H3. The third-order valence-electron chi connectivity index (χ3n) is 4.54. The normalized spacial score (nSPS) is 17.0. The van der Waals surface area contributed by atoms with Crippen LogP contribution in [0, 0.1) is 18.7 Å². The van der Waals surface area contributed by atoms with Gasteiger partial charge in [0, 0.05) is 33.0 Å². The number of carbonyl (C=O) groups is 3. The lowest BCUT2D eigenvalue weighted by Gasteiger charge is -2.22. The number of aryl methyl sites for hydroxylation is 1. The minimum absolute atomic E-state index is 0.0581. The van der Waals surface area contributed by atoms with E-state index in [0.717, 1.165) is 5.56 Å². The van der Waals surface area contributed by atoms with Crippen LogP contribution in [0.1, 0.15) is 45.6 Å². The maximum Gasteiger partial charge on any atom is 0.306 e.